The zero-order chi connectivity index (χ0) is 17.7. The smallest absolute Gasteiger partial charge is 0.254 e. The summed E-state index contributed by atoms with van der Waals surface area (Å²) >= 11 is 6.24. The third-order valence-electron chi connectivity index (χ3n) is 5.01. The van der Waals surface area contributed by atoms with E-state index in [-0.39, 0.29) is 5.91 Å². The van der Waals surface area contributed by atoms with E-state index >= 15 is 0 Å². The van der Waals surface area contributed by atoms with Gasteiger partial charge in [0.1, 0.15) is 5.75 Å². The van der Waals surface area contributed by atoms with Crippen LogP contribution in [0.25, 0.3) is 0 Å². The molecule has 134 valence electrons. The van der Waals surface area contributed by atoms with Crippen molar-refractivity contribution >= 4 is 17.5 Å². The molecule has 0 radical (unpaired) electrons. The minimum atomic E-state index is -0.0863. The molecule has 1 saturated carbocycles. The molecule has 1 aliphatic carbocycles. The van der Waals surface area contributed by atoms with Gasteiger partial charge in [-0.3, -0.25) is 4.79 Å². The van der Waals surface area contributed by atoms with Gasteiger partial charge in [-0.25, -0.2) is 0 Å². The van der Waals surface area contributed by atoms with E-state index in [0.29, 0.717) is 16.7 Å². The molecule has 0 spiro atoms. The highest BCUT2D eigenvalue weighted by Crippen LogP contribution is 2.38. The van der Waals surface area contributed by atoms with Gasteiger partial charge in [-0.1, -0.05) is 44.7 Å². The first-order chi connectivity index (χ1) is 11.4. The van der Waals surface area contributed by atoms with Crippen LogP contribution >= 0.6 is 11.6 Å². The van der Waals surface area contributed by atoms with Gasteiger partial charge in [-0.2, -0.15) is 0 Å². The normalized spacial score (nSPS) is 21.0. The highest BCUT2D eigenvalue weighted by molar-refractivity contribution is 6.34. The average molecular weight is 352 g/mol. The Balaban J connectivity index is 1.84. The highest BCUT2D eigenvalue weighted by atomic mass is 35.5. The maximum Gasteiger partial charge on any atom is 0.254 e. The lowest BCUT2D eigenvalue weighted by Gasteiger charge is -2.37. The molecule has 0 bridgehead atoms. The van der Waals surface area contributed by atoms with Crippen LogP contribution in [0.5, 0.6) is 5.75 Å². The van der Waals surface area contributed by atoms with Crippen molar-refractivity contribution in [2.75, 3.05) is 14.1 Å². The summed E-state index contributed by atoms with van der Waals surface area (Å²) in [5.41, 5.74) is 0.519. The molecule has 0 aliphatic heterocycles. The summed E-state index contributed by atoms with van der Waals surface area (Å²) in [6.07, 6.45) is 7.80. The Kier molecular flexibility index (Phi) is 6.97. The highest BCUT2D eigenvalue weighted by Gasteiger charge is 2.32. The predicted molar refractivity (Wildman–Crippen MR) is 99.9 cm³/mol. The average Bonchev–Trinajstić information content (AvgIpc) is 2.51. The van der Waals surface area contributed by atoms with E-state index in [4.69, 9.17) is 16.3 Å². The molecule has 3 nitrogen and oxygen atoms in total. The molecule has 1 aliphatic rings. The third kappa shape index (κ3) is 4.89. The molecule has 4 heteroatoms. The van der Waals surface area contributed by atoms with Crippen LogP contribution in [0.1, 0.15) is 62.7 Å². The first kappa shape index (κ1) is 19.1. The van der Waals surface area contributed by atoms with Gasteiger partial charge < -0.3 is 9.64 Å². The molecule has 2 rings (SSSR count). The van der Waals surface area contributed by atoms with Crippen molar-refractivity contribution in [3.8, 4) is 5.75 Å². The van der Waals surface area contributed by atoms with Crippen LogP contribution in [0, 0.1) is 11.8 Å². The Morgan fingerprint density at radius 3 is 2.58 bits per heavy atom. The fourth-order valence-corrected chi connectivity index (χ4v) is 3.76. The van der Waals surface area contributed by atoms with Gasteiger partial charge in [-0.15, -0.1) is 0 Å². The van der Waals surface area contributed by atoms with Gasteiger partial charge in [0.15, 0.2) is 0 Å². The van der Waals surface area contributed by atoms with E-state index in [0.717, 1.165) is 30.4 Å². The molecular formula is C20H30ClNO2. The lowest BCUT2D eigenvalue weighted by atomic mass is 9.75. The summed E-state index contributed by atoms with van der Waals surface area (Å²) in [5.74, 6) is 2.35. The van der Waals surface area contributed by atoms with Crippen molar-refractivity contribution in [3.63, 3.8) is 0 Å². The predicted octanol–water partition coefficient (Wildman–Crippen LogP) is 5.42. The molecule has 0 heterocycles. The maximum absolute atomic E-state index is 12.0. The molecule has 0 N–H and O–H groups in total. The van der Waals surface area contributed by atoms with Crippen LogP contribution in [0.4, 0.5) is 0 Å². The van der Waals surface area contributed by atoms with E-state index in [1.807, 2.05) is 6.07 Å². The Hall–Kier alpha value is -1.22. The van der Waals surface area contributed by atoms with E-state index < -0.39 is 0 Å². The van der Waals surface area contributed by atoms with E-state index in [1.54, 1.807) is 26.2 Å². The van der Waals surface area contributed by atoms with Crippen molar-refractivity contribution in [1.29, 1.82) is 0 Å². The number of halogens is 1. The summed E-state index contributed by atoms with van der Waals surface area (Å²) in [4.78, 5) is 13.5. The summed E-state index contributed by atoms with van der Waals surface area (Å²) < 4.78 is 6.02. The third-order valence-corrected chi connectivity index (χ3v) is 5.33. The van der Waals surface area contributed by atoms with Gasteiger partial charge >= 0.3 is 0 Å². The van der Waals surface area contributed by atoms with E-state index in [9.17, 15) is 4.79 Å². The first-order valence-electron chi connectivity index (χ1n) is 9.12. The standard InChI is InChI=1S/C20H30ClNO2/c1-5-7-14(6-2)10-15-11-17(12-15)24-16-8-9-18(19(21)13-16)20(23)22(3)4/h8-9,13-15,17H,5-7,10-12H2,1-4H3. The first-order valence-corrected chi connectivity index (χ1v) is 9.50. The Morgan fingerprint density at radius 1 is 1.33 bits per heavy atom. The zero-order valence-electron chi connectivity index (χ0n) is 15.3. The lowest BCUT2D eigenvalue weighted by molar-refractivity contribution is 0.0507. The van der Waals surface area contributed by atoms with E-state index in [2.05, 4.69) is 13.8 Å². The zero-order valence-corrected chi connectivity index (χ0v) is 16.1. The molecule has 0 aromatic heterocycles. The number of rotatable bonds is 8. The summed E-state index contributed by atoms with van der Waals surface area (Å²) in [5, 5.41) is 0.455. The van der Waals surface area contributed by atoms with Crippen LogP contribution in [-0.4, -0.2) is 31.0 Å². The second-order valence-corrected chi connectivity index (χ2v) is 7.62. The SMILES string of the molecule is CCCC(CC)CC1CC(Oc2ccc(C(=O)N(C)C)c(Cl)c2)C1. The van der Waals surface area contributed by atoms with Gasteiger partial charge in [0, 0.05) is 14.1 Å². The molecule has 1 fully saturated rings. The topological polar surface area (TPSA) is 29.5 Å². The molecule has 1 aromatic rings. The fourth-order valence-electron chi connectivity index (χ4n) is 3.51. The van der Waals surface area contributed by atoms with Gasteiger partial charge in [0.2, 0.25) is 0 Å². The molecule has 0 saturated heterocycles. The number of hydrogen-bond donors (Lipinski definition) is 0. The van der Waals surface area contributed by atoms with Gasteiger partial charge in [0.25, 0.3) is 5.91 Å². The van der Waals surface area contributed by atoms with Crippen LogP contribution in [-0.2, 0) is 0 Å². The minimum absolute atomic E-state index is 0.0863. The van der Waals surface area contributed by atoms with Gasteiger partial charge in [0.05, 0.1) is 16.7 Å². The van der Waals surface area contributed by atoms with Crippen LogP contribution < -0.4 is 4.74 Å². The number of amides is 1. The van der Waals surface area contributed by atoms with Crippen molar-refractivity contribution in [3.05, 3.63) is 28.8 Å². The Morgan fingerprint density at radius 2 is 2.04 bits per heavy atom. The second-order valence-electron chi connectivity index (χ2n) is 7.22. The molecule has 1 aromatic carbocycles. The maximum atomic E-state index is 12.0. The fraction of sp³-hybridized carbons (Fsp3) is 0.650. The monoisotopic (exact) mass is 351 g/mol. The largest absolute Gasteiger partial charge is 0.490 e. The van der Waals surface area contributed by atoms with Crippen LogP contribution in [0.3, 0.4) is 0 Å². The molecule has 1 unspecified atom stereocenters. The van der Waals surface area contributed by atoms with Crippen LogP contribution in [0.2, 0.25) is 5.02 Å². The van der Waals surface area contributed by atoms with Gasteiger partial charge in [-0.05, 0) is 49.3 Å². The number of carbonyl (C=O) groups excluding carboxylic acids is 1. The Labute approximate surface area is 151 Å². The summed E-state index contributed by atoms with van der Waals surface area (Å²) in [6.45, 7) is 4.56. The van der Waals surface area contributed by atoms with Crippen molar-refractivity contribution in [2.45, 2.75) is 58.5 Å². The van der Waals surface area contributed by atoms with Crippen molar-refractivity contribution in [2.24, 2.45) is 11.8 Å². The number of nitrogens with zero attached hydrogens (tertiary/aromatic N) is 1. The number of ether oxygens (including phenoxy) is 1. The summed E-state index contributed by atoms with van der Waals surface area (Å²) in [6, 6.07) is 5.37. The van der Waals surface area contributed by atoms with E-state index in [1.165, 1.54) is 30.6 Å². The number of hydrogen-bond acceptors (Lipinski definition) is 2. The number of carbonyl (C=O) groups is 1. The molecule has 24 heavy (non-hydrogen) atoms. The minimum Gasteiger partial charge on any atom is -0.490 e. The molecular weight excluding hydrogens is 322 g/mol. The molecule has 1 amide bonds. The number of benzene rings is 1. The van der Waals surface area contributed by atoms with Crippen molar-refractivity contribution < 1.29 is 9.53 Å². The van der Waals surface area contributed by atoms with Crippen LogP contribution in [0.15, 0.2) is 18.2 Å². The quantitative estimate of drug-likeness (QED) is 0.626. The van der Waals surface area contributed by atoms with Crippen molar-refractivity contribution in [1.82, 2.24) is 4.90 Å². The summed E-state index contributed by atoms with van der Waals surface area (Å²) in [7, 11) is 3.44. The second kappa shape index (κ2) is 8.75. The lowest BCUT2D eigenvalue weighted by Crippen LogP contribution is -2.34. The Bertz CT molecular complexity index is 553. The molecule has 1 atom stereocenters.